The molecule has 0 spiro atoms. The van der Waals surface area contributed by atoms with Gasteiger partial charge < -0.3 is 4.74 Å². The van der Waals surface area contributed by atoms with Crippen molar-refractivity contribution >= 4 is 39.1 Å². The van der Waals surface area contributed by atoms with E-state index >= 15 is 0 Å². The highest BCUT2D eigenvalue weighted by Crippen LogP contribution is 2.36. The van der Waals surface area contributed by atoms with Crippen LogP contribution in [0, 0.1) is 0 Å². The zero-order chi connectivity index (χ0) is 14.8. The molecule has 1 aliphatic heterocycles. The van der Waals surface area contributed by atoms with E-state index in [0.29, 0.717) is 5.88 Å². The molecular weight excluding hydrogens is 371 g/mol. The van der Waals surface area contributed by atoms with E-state index in [1.54, 1.807) is 0 Å². The normalized spacial score (nSPS) is 14.6. The van der Waals surface area contributed by atoms with Crippen LogP contribution in [0.4, 0.5) is 0 Å². The summed E-state index contributed by atoms with van der Waals surface area (Å²) in [5.74, 6) is 1.82. The first-order chi connectivity index (χ1) is 10.2. The average molecular weight is 386 g/mol. The summed E-state index contributed by atoms with van der Waals surface area (Å²) in [6.07, 6.45) is 1.83. The van der Waals surface area contributed by atoms with E-state index in [4.69, 9.17) is 27.9 Å². The van der Waals surface area contributed by atoms with E-state index in [1.165, 1.54) is 16.7 Å². The predicted octanol–water partition coefficient (Wildman–Crippen LogP) is 5.60. The van der Waals surface area contributed by atoms with Gasteiger partial charge in [-0.1, -0.05) is 39.7 Å². The number of rotatable bonds is 4. The zero-order valence-corrected chi connectivity index (χ0v) is 14.5. The van der Waals surface area contributed by atoms with Gasteiger partial charge in [0.25, 0.3) is 0 Å². The second-order valence-electron chi connectivity index (χ2n) is 5.26. The fourth-order valence-electron chi connectivity index (χ4n) is 2.79. The molecule has 110 valence electrons. The molecule has 1 heterocycles. The van der Waals surface area contributed by atoms with Gasteiger partial charge in [-0.2, -0.15) is 0 Å². The molecule has 21 heavy (non-hydrogen) atoms. The maximum absolute atomic E-state index is 6.20. The molecule has 1 aliphatic rings. The highest BCUT2D eigenvalue weighted by Gasteiger charge is 2.21. The molecule has 0 saturated carbocycles. The van der Waals surface area contributed by atoms with E-state index in [0.717, 1.165) is 34.7 Å². The largest absolute Gasteiger partial charge is 0.493 e. The highest BCUT2D eigenvalue weighted by atomic mass is 79.9. The molecule has 3 rings (SSSR count). The van der Waals surface area contributed by atoms with Crippen LogP contribution in [-0.2, 0) is 12.8 Å². The third-order valence-corrected chi connectivity index (χ3v) is 4.86. The Labute approximate surface area is 143 Å². The minimum Gasteiger partial charge on any atom is -0.493 e. The highest BCUT2D eigenvalue weighted by molar-refractivity contribution is 9.10. The Morgan fingerprint density at radius 2 is 2.10 bits per heavy atom. The lowest BCUT2D eigenvalue weighted by Gasteiger charge is -2.17. The lowest BCUT2D eigenvalue weighted by molar-refractivity contribution is 0.353. The van der Waals surface area contributed by atoms with Crippen LogP contribution in [0.3, 0.4) is 0 Å². The van der Waals surface area contributed by atoms with Crippen LogP contribution < -0.4 is 4.74 Å². The Morgan fingerprint density at radius 3 is 2.86 bits per heavy atom. The Morgan fingerprint density at radius 1 is 1.24 bits per heavy atom. The third-order valence-electron chi connectivity index (χ3n) is 3.80. The fraction of sp³-hybridized carbons (Fsp3) is 0.294. The molecule has 0 aromatic heterocycles. The molecule has 0 radical (unpaired) electrons. The van der Waals surface area contributed by atoms with Crippen molar-refractivity contribution in [3.8, 4) is 5.75 Å². The van der Waals surface area contributed by atoms with Crippen molar-refractivity contribution in [1.82, 2.24) is 0 Å². The summed E-state index contributed by atoms with van der Waals surface area (Å²) >= 11 is 15.9. The summed E-state index contributed by atoms with van der Waals surface area (Å²) in [6.45, 7) is 0.765. The first kappa shape index (κ1) is 15.2. The van der Waals surface area contributed by atoms with Crippen molar-refractivity contribution in [3.63, 3.8) is 0 Å². The quantitative estimate of drug-likeness (QED) is 0.622. The number of ether oxygens (including phenoxy) is 1. The molecule has 0 aliphatic carbocycles. The maximum Gasteiger partial charge on any atom is 0.125 e. The first-order valence-corrected chi connectivity index (χ1v) is 8.63. The predicted molar refractivity (Wildman–Crippen MR) is 92.0 cm³/mol. The third kappa shape index (κ3) is 3.39. The smallest absolute Gasteiger partial charge is 0.125 e. The van der Waals surface area contributed by atoms with Gasteiger partial charge in [0, 0.05) is 27.7 Å². The Balaban J connectivity index is 1.91. The molecule has 0 N–H and O–H groups in total. The summed E-state index contributed by atoms with van der Waals surface area (Å²) < 4.78 is 6.90. The van der Waals surface area contributed by atoms with Gasteiger partial charge in [-0.25, -0.2) is 0 Å². The second kappa shape index (κ2) is 6.60. The van der Waals surface area contributed by atoms with Crippen molar-refractivity contribution in [1.29, 1.82) is 0 Å². The minimum atomic E-state index is 0.230. The monoisotopic (exact) mass is 384 g/mol. The first-order valence-electron chi connectivity index (χ1n) is 6.93. The van der Waals surface area contributed by atoms with Crippen LogP contribution in [0.25, 0.3) is 0 Å². The molecule has 0 amide bonds. The number of alkyl halides is 1. The minimum absolute atomic E-state index is 0.230. The maximum atomic E-state index is 6.20. The fourth-order valence-corrected chi connectivity index (χ4v) is 3.82. The Bertz CT molecular complexity index is 657. The Hall–Kier alpha value is -0.700. The SMILES string of the molecule is ClCC(Cc1cc(Br)cc2c1OCC2)c1cccc(Cl)c1. The summed E-state index contributed by atoms with van der Waals surface area (Å²) in [5.41, 5.74) is 3.66. The van der Waals surface area contributed by atoms with Crippen molar-refractivity contribution in [2.24, 2.45) is 0 Å². The van der Waals surface area contributed by atoms with E-state index in [-0.39, 0.29) is 5.92 Å². The standard InChI is InChI=1S/C17H15BrCl2O/c18-15-7-12-4-5-21-17(12)13(8-15)6-14(10-19)11-2-1-3-16(20)9-11/h1-3,7-9,14H,4-6,10H2. The molecule has 0 bridgehead atoms. The van der Waals surface area contributed by atoms with Gasteiger partial charge in [-0.3, -0.25) is 0 Å². The Kier molecular flexibility index (Phi) is 4.78. The van der Waals surface area contributed by atoms with E-state index in [9.17, 15) is 0 Å². The van der Waals surface area contributed by atoms with E-state index < -0.39 is 0 Å². The second-order valence-corrected chi connectivity index (χ2v) is 6.92. The summed E-state index contributed by atoms with van der Waals surface area (Å²) in [5, 5.41) is 0.748. The molecule has 4 heteroatoms. The van der Waals surface area contributed by atoms with Crippen molar-refractivity contribution in [2.45, 2.75) is 18.8 Å². The lowest BCUT2D eigenvalue weighted by atomic mass is 9.92. The van der Waals surface area contributed by atoms with Gasteiger partial charge in [0.05, 0.1) is 6.61 Å². The molecule has 0 saturated heterocycles. The average Bonchev–Trinajstić information content (AvgIpc) is 2.92. The van der Waals surface area contributed by atoms with Gasteiger partial charge in [0.2, 0.25) is 0 Å². The van der Waals surface area contributed by atoms with Crippen LogP contribution in [0.15, 0.2) is 40.9 Å². The summed E-state index contributed by atoms with van der Waals surface area (Å²) in [4.78, 5) is 0. The van der Waals surface area contributed by atoms with Gasteiger partial charge in [-0.15, -0.1) is 11.6 Å². The molecule has 2 aromatic carbocycles. The number of hydrogen-bond donors (Lipinski definition) is 0. The van der Waals surface area contributed by atoms with Gasteiger partial charge in [-0.05, 0) is 47.4 Å². The molecule has 1 atom stereocenters. The summed E-state index contributed by atoms with van der Waals surface area (Å²) in [7, 11) is 0. The van der Waals surface area contributed by atoms with Crippen LogP contribution >= 0.6 is 39.1 Å². The van der Waals surface area contributed by atoms with Crippen molar-refractivity contribution < 1.29 is 4.74 Å². The van der Waals surface area contributed by atoms with Crippen LogP contribution in [0.5, 0.6) is 5.75 Å². The number of hydrogen-bond acceptors (Lipinski definition) is 1. The van der Waals surface area contributed by atoms with E-state index in [1.807, 2.05) is 18.2 Å². The summed E-state index contributed by atoms with van der Waals surface area (Å²) in [6, 6.07) is 12.2. The molecule has 1 nitrogen and oxygen atoms in total. The van der Waals surface area contributed by atoms with Crippen LogP contribution in [-0.4, -0.2) is 12.5 Å². The molecule has 1 unspecified atom stereocenters. The van der Waals surface area contributed by atoms with Gasteiger partial charge in [0.1, 0.15) is 5.75 Å². The number of benzene rings is 2. The topological polar surface area (TPSA) is 9.23 Å². The molecule has 2 aromatic rings. The van der Waals surface area contributed by atoms with E-state index in [2.05, 4.69) is 34.1 Å². The van der Waals surface area contributed by atoms with Crippen molar-refractivity contribution in [2.75, 3.05) is 12.5 Å². The molecule has 0 fully saturated rings. The van der Waals surface area contributed by atoms with Crippen LogP contribution in [0.2, 0.25) is 5.02 Å². The lowest BCUT2D eigenvalue weighted by Crippen LogP contribution is -2.06. The molecular formula is C17H15BrCl2O. The number of fused-ring (bicyclic) bond motifs is 1. The van der Waals surface area contributed by atoms with Gasteiger partial charge >= 0.3 is 0 Å². The van der Waals surface area contributed by atoms with Crippen molar-refractivity contribution in [3.05, 3.63) is 62.6 Å². The zero-order valence-electron chi connectivity index (χ0n) is 11.4. The number of halogens is 3. The van der Waals surface area contributed by atoms with Crippen LogP contribution in [0.1, 0.15) is 22.6 Å². The van der Waals surface area contributed by atoms with Gasteiger partial charge in [0.15, 0.2) is 0 Å².